The maximum Gasteiger partial charge on any atom is 0.496 e. The Balaban J connectivity index is 2.39. The average molecular weight is 264 g/mol. The lowest BCUT2D eigenvalue weighted by Crippen LogP contribution is -2.41. The summed E-state index contributed by atoms with van der Waals surface area (Å²) in [5, 5.41) is 9.82. The maximum absolute atomic E-state index is 9.82. The molecule has 2 heterocycles. The first kappa shape index (κ1) is 14.3. The fraction of sp³-hybridized carbons (Fsp3) is 0.615. The molecule has 1 fully saturated rings. The summed E-state index contributed by atoms with van der Waals surface area (Å²) in [4.78, 5) is 4.18. The lowest BCUT2D eigenvalue weighted by molar-refractivity contribution is 0.00578. The van der Waals surface area contributed by atoms with Crippen molar-refractivity contribution in [3.8, 4) is 0 Å². The van der Waals surface area contributed by atoms with Gasteiger partial charge in [-0.3, -0.25) is 0 Å². The third-order valence-electron chi connectivity index (χ3n) is 3.88. The highest BCUT2D eigenvalue weighted by Crippen LogP contribution is 2.36. The van der Waals surface area contributed by atoms with E-state index in [0.29, 0.717) is 11.5 Å². The van der Waals surface area contributed by atoms with E-state index >= 15 is 0 Å². The molecule has 1 saturated heterocycles. The third kappa shape index (κ3) is 2.48. The Morgan fingerprint density at radius 3 is 2.21 bits per heavy atom. The van der Waals surface area contributed by atoms with Gasteiger partial charge in [-0.2, -0.15) is 0 Å². The van der Waals surface area contributed by atoms with Crippen LogP contribution in [0.3, 0.4) is 0 Å². The van der Waals surface area contributed by atoms with Crippen LogP contribution in [0.2, 0.25) is 0 Å². The van der Waals surface area contributed by atoms with Crippen molar-refractivity contribution in [3.05, 3.63) is 17.8 Å². The van der Waals surface area contributed by atoms with Crippen molar-refractivity contribution in [2.75, 3.05) is 5.73 Å². The molecule has 19 heavy (non-hydrogen) atoms. The molecular weight excluding hydrogens is 243 g/mol. The van der Waals surface area contributed by atoms with Gasteiger partial charge in [0.15, 0.2) is 0 Å². The molecule has 1 aromatic rings. The molecule has 0 aliphatic carbocycles. The topological polar surface area (TPSA) is 77.6 Å². The number of nitrogens with two attached hydrogens (primary N) is 1. The van der Waals surface area contributed by atoms with Crippen LogP contribution in [0.5, 0.6) is 0 Å². The number of nitrogens with zero attached hydrogens (tertiary/aromatic N) is 1. The second-order valence-electron chi connectivity index (χ2n) is 5.97. The molecule has 2 rings (SSSR count). The van der Waals surface area contributed by atoms with Crippen LogP contribution in [-0.4, -0.2) is 28.4 Å². The molecule has 0 amide bonds. The molecule has 1 aliphatic rings. The van der Waals surface area contributed by atoms with Gasteiger partial charge in [0.2, 0.25) is 0 Å². The molecule has 0 saturated carbocycles. The molecular formula is C13H21BN2O3. The van der Waals surface area contributed by atoms with E-state index < -0.39 is 24.4 Å². The van der Waals surface area contributed by atoms with Gasteiger partial charge in [0.1, 0.15) is 5.82 Å². The lowest BCUT2D eigenvalue weighted by atomic mass is 9.77. The number of nitrogen functional groups attached to an aromatic ring is 1. The lowest BCUT2D eigenvalue weighted by Gasteiger charge is -2.32. The van der Waals surface area contributed by atoms with Crippen LogP contribution in [-0.2, 0) is 9.31 Å². The van der Waals surface area contributed by atoms with Crippen molar-refractivity contribution in [1.29, 1.82) is 0 Å². The predicted octanol–water partition coefficient (Wildman–Crippen LogP) is 1.02. The smallest absolute Gasteiger partial charge is 0.399 e. The highest BCUT2D eigenvalue weighted by atomic mass is 16.7. The molecule has 104 valence electrons. The molecule has 0 aromatic carbocycles. The first-order chi connectivity index (χ1) is 8.64. The maximum atomic E-state index is 9.82. The zero-order valence-electron chi connectivity index (χ0n) is 12.1. The molecule has 0 radical (unpaired) electrons. The van der Waals surface area contributed by atoms with Gasteiger partial charge in [-0.05, 0) is 40.7 Å². The van der Waals surface area contributed by atoms with Crippen LogP contribution in [0.4, 0.5) is 5.82 Å². The van der Waals surface area contributed by atoms with Crippen molar-refractivity contribution in [2.24, 2.45) is 0 Å². The summed E-state index contributed by atoms with van der Waals surface area (Å²) >= 11 is 0. The van der Waals surface area contributed by atoms with Gasteiger partial charge in [-0.15, -0.1) is 0 Å². The van der Waals surface area contributed by atoms with Crippen molar-refractivity contribution in [3.63, 3.8) is 0 Å². The zero-order chi connectivity index (χ0) is 14.4. The van der Waals surface area contributed by atoms with Crippen molar-refractivity contribution in [2.45, 2.75) is 51.9 Å². The summed E-state index contributed by atoms with van der Waals surface area (Å²) in [6, 6.07) is 3.48. The van der Waals surface area contributed by atoms with Gasteiger partial charge < -0.3 is 20.1 Å². The average Bonchev–Trinajstić information content (AvgIpc) is 2.47. The van der Waals surface area contributed by atoms with Gasteiger partial charge in [-0.25, -0.2) is 4.98 Å². The third-order valence-corrected chi connectivity index (χ3v) is 3.88. The predicted molar refractivity (Wildman–Crippen MR) is 75.0 cm³/mol. The number of hydrogen-bond donors (Lipinski definition) is 2. The number of anilines is 1. The Labute approximate surface area is 114 Å². The Morgan fingerprint density at radius 1 is 1.21 bits per heavy atom. The van der Waals surface area contributed by atoms with Crippen LogP contribution in [0.1, 0.15) is 46.4 Å². The standard InChI is InChI=1S/C13H21BN2O3/c1-8(17)11-9(6-7-10(15)16-11)14-18-12(2,3)13(4,5)19-14/h6-8,17H,1-5H3,(H2,15,16). The van der Waals surface area contributed by atoms with Crippen molar-refractivity contribution >= 4 is 18.4 Å². The Hall–Kier alpha value is -1.11. The van der Waals surface area contributed by atoms with E-state index in [1.54, 1.807) is 19.1 Å². The minimum atomic E-state index is -0.725. The Morgan fingerprint density at radius 2 is 1.74 bits per heavy atom. The quantitative estimate of drug-likeness (QED) is 0.780. The zero-order valence-corrected chi connectivity index (χ0v) is 12.1. The van der Waals surface area contributed by atoms with Crippen LogP contribution < -0.4 is 11.2 Å². The van der Waals surface area contributed by atoms with Crippen molar-refractivity contribution in [1.82, 2.24) is 4.98 Å². The van der Waals surface area contributed by atoms with E-state index in [1.807, 2.05) is 27.7 Å². The van der Waals surface area contributed by atoms with E-state index in [-0.39, 0.29) is 0 Å². The summed E-state index contributed by atoms with van der Waals surface area (Å²) in [7, 11) is -0.539. The van der Waals surface area contributed by atoms with Crippen molar-refractivity contribution < 1.29 is 14.4 Å². The molecule has 3 N–H and O–H groups in total. The van der Waals surface area contributed by atoms with Crippen LogP contribution >= 0.6 is 0 Å². The van der Waals surface area contributed by atoms with Crippen LogP contribution in [0, 0.1) is 0 Å². The number of rotatable bonds is 2. The summed E-state index contributed by atoms with van der Waals surface area (Å²) in [6.07, 6.45) is -0.725. The highest BCUT2D eigenvalue weighted by Gasteiger charge is 2.52. The van der Waals surface area contributed by atoms with E-state index in [2.05, 4.69) is 4.98 Å². The summed E-state index contributed by atoms with van der Waals surface area (Å²) in [5.41, 5.74) is 6.05. The van der Waals surface area contributed by atoms with Gasteiger partial charge in [0.25, 0.3) is 0 Å². The SMILES string of the molecule is CC(O)c1nc(N)ccc1B1OC(C)(C)C(C)(C)O1. The van der Waals surface area contributed by atoms with E-state index in [4.69, 9.17) is 15.0 Å². The van der Waals surface area contributed by atoms with Gasteiger partial charge >= 0.3 is 7.12 Å². The van der Waals surface area contributed by atoms with Crippen LogP contribution in [0.15, 0.2) is 12.1 Å². The Kier molecular flexibility index (Phi) is 3.37. The summed E-state index contributed by atoms with van der Waals surface area (Å²) in [5.74, 6) is 0.371. The minimum absolute atomic E-state index is 0.371. The molecule has 1 aliphatic heterocycles. The van der Waals surface area contributed by atoms with Gasteiger partial charge in [-0.1, -0.05) is 6.07 Å². The van der Waals surface area contributed by atoms with E-state index in [1.165, 1.54) is 0 Å². The molecule has 1 aromatic heterocycles. The van der Waals surface area contributed by atoms with Gasteiger partial charge in [0, 0.05) is 5.46 Å². The largest absolute Gasteiger partial charge is 0.496 e. The number of aromatic nitrogens is 1. The molecule has 0 bridgehead atoms. The van der Waals surface area contributed by atoms with E-state index in [0.717, 1.165) is 5.46 Å². The van der Waals surface area contributed by atoms with E-state index in [9.17, 15) is 5.11 Å². The molecule has 0 spiro atoms. The number of hydrogen-bond acceptors (Lipinski definition) is 5. The molecule has 1 atom stereocenters. The number of pyridine rings is 1. The minimum Gasteiger partial charge on any atom is -0.399 e. The molecule has 1 unspecified atom stereocenters. The monoisotopic (exact) mass is 264 g/mol. The second kappa shape index (κ2) is 4.47. The fourth-order valence-corrected chi connectivity index (χ4v) is 2.01. The number of aliphatic hydroxyl groups is 1. The second-order valence-corrected chi connectivity index (χ2v) is 5.97. The highest BCUT2D eigenvalue weighted by molar-refractivity contribution is 6.62. The normalized spacial score (nSPS) is 22.5. The molecule has 5 nitrogen and oxygen atoms in total. The first-order valence-corrected chi connectivity index (χ1v) is 6.44. The fourth-order valence-electron chi connectivity index (χ4n) is 2.01. The first-order valence-electron chi connectivity index (χ1n) is 6.44. The molecule has 6 heteroatoms. The van der Waals surface area contributed by atoms with Crippen LogP contribution in [0.25, 0.3) is 0 Å². The summed E-state index contributed by atoms with van der Waals surface area (Å²) < 4.78 is 11.9. The van der Waals surface area contributed by atoms with Gasteiger partial charge in [0.05, 0.1) is 23.0 Å². The summed E-state index contributed by atoms with van der Waals surface area (Å²) in [6.45, 7) is 9.59. The number of aliphatic hydroxyl groups excluding tert-OH is 1. The Bertz CT molecular complexity index is 473.